The fraction of sp³-hybridized carbons (Fsp3) is 0.533. The average molecular weight is 277 g/mol. The third-order valence-electron chi connectivity index (χ3n) is 3.02. The van der Waals surface area contributed by atoms with Crippen LogP contribution in [0.5, 0.6) is 0 Å². The summed E-state index contributed by atoms with van der Waals surface area (Å²) in [7, 11) is 0. The van der Waals surface area contributed by atoms with Crippen molar-refractivity contribution in [3.05, 3.63) is 40.1 Å². The Balaban J connectivity index is 1.67. The molecule has 0 bridgehead atoms. The van der Waals surface area contributed by atoms with Crippen LogP contribution in [0.15, 0.2) is 24.5 Å². The molecule has 0 aromatic carbocycles. The summed E-state index contributed by atoms with van der Waals surface area (Å²) in [5.41, 5.74) is 0.266. The van der Waals surface area contributed by atoms with Crippen LogP contribution in [0.2, 0.25) is 0 Å². The summed E-state index contributed by atoms with van der Waals surface area (Å²) in [6.45, 7) is 8.79. The topological polar surface area (TPSA) is 40.7 Å². The van der Waals surface area contributed by atoms with Gasteiger partial charge in [-0.25, -0.2) is 4.98 Å². The molecule has 0 atom stereocenters. The Morgan fingerprint density at radius 2 is 2.16 bits per heavy atom. The number of hydrogen-bond donors (Lipinski definition) is 2. The quantitative estimate of drug-likeness (QED) is 0.794. The molecule has 0 radical (unpaired) electrons. The van der Waals surface area contributed by atoms with E-state index in [1.54, 1.807) is 0 Å². The minimum Gasteiger partial charge on any atom is -0.349 e. The molecule has 0 saturated carbocycles. The Morgan fingerprint density at radius 1 is 1.32 bits per heavy atom. The van der Waals surface area contributed by atoms with Crippen molar-refractivity contribution in [2.24, 2.45) is 0 Å². The molecule has 0 spiro atoms. The number of H-pyrrole nitrogens is 1. The number of rotatable bonds is 6. The van der Waals surface area contributed by atoms with Crippen LogP contribution < -0.4 is 5.32 Å². The molecule has 0 unspecified atom stereocenters. The molecule has 0 aliphatic rings. The lowest BCUT2D eigenvalue weighted by Crippen LogP contribution is -2.14. The van der Waals surface area contributed by atoms with Gasteiger partial charge < -0.3 is 10.3 Å². The molecule has 0 aliphatic carbocycles. The highest BCUT2D eigenvalue weighted by atomic mass is 32.1. The van der Waals surface area contributed by atoms with E-state index in [2.05, 4.69) is 48.2 Å². The molecular weight excluding hydrogens is 254 g/mol. The van der Waals surface area contributed by atoms with Gasteiger partial charge in [-0.15, -0.1) is 11.3 Å². The fourth-order valence-corrected chi connectivity index (χ4v) is 2.94. The first kappa shape index (κ1) is 14.3. The molecule has 0 saturated heterocycles. The average Bonchev–Trinajstić information content (AvgIpc) is 2.97. The maximum atomic E-state index is 4.22. The van der Waals surface area contributed by atoms with E-state index in [1.807, 2.05) is 23.7 Å². The summed E-state index contributed by atoms with van der Waals surface area (Å²) in [5.74, 6) is 1.08. The molecule has 4 heteroatoms. The van der Waals surface area contributed by atoms with Crippen molar-refractivity contribution < 1.29 is 0 Å². The van der Waals surface area contributed by atoms with Crippen molar-refractivity contribution >= 4 is 11.3 Å². The standard InChI is InChI=1S/C15H23N3S/c1-15(2,3)13-7-6-12(19-13)11-16-8-4-5-14-17-9-10-18-14/h6-7,9-10,16H,4-5,8,11H2,1-3H3,(H,17,18). The van der Waals surface area contributed by atoms with Gasteiger partial charge in [-0.3, -0.25) is 0 Å². The van der Waals surface area contributed by atoms with Gasteiger partial charge in [0.1, 0.15) is 5.82 Å². The molecule has 0 aliphatic heterocycles. The van der Waals surface area contributed by atoms with E-state index in [4.69, 9.17) is 0 Å². The van der Waals surface area contributed by atoms with Gasteiger partial charge >= 0.3 is 0 Å². The van der Waals surface area contributed by atoms with E-state index in [0.717, 1.165) is 31.8 Å². The number of nitrogens with one attached hydrogen (secondary N) is 2. The molecule has 2 rings (SSSR count). The lowest BCUT2D eigenvalue weighted by Gasteiger charge is -2.15. The molecule has 2 aromatic rings. The summed E-state index contributed by atoms with van der Waals surface area (Å²) < 4.78 is 0. The lowest BCUT2D eigenvalue weighted by atomic mass is 9.95. The maximum Gasteiger partial charge on any atom is 0.106 e. The van der Waals surface area contributed by atoms with E-state index >= 15 is 0 Å². The highest BCUT2D eigenvalue weighted by Gasteiger charge is 2.15. The van der Waals surface area contributed by atoms with Gasteiger partial charge in [0, 0.05) is 35.1 Å². The summed E-state index contributed by atoms with van der Waals surface area (Å²) in [5, 5.41) is 3.50. The smallest absolute Gasteiger partial charge is 0.106 e. The van der Waals surface area contributed by atoms with Crippen molar-refractivity contribution in [3.63, 3.8) is 0 Å². The molecule has 19 heavy (non-hydrogen) atoms. The monoisotopic (exact) mass is 277 g/mol. The van der Waals surface area contributed by atoms with Crippen LogP contribution in [-0.2, 0) is 18.4 Å². The molecule has 0 fully saturated rings. The van der Waals surface area contributed by atoms with Gasteiger partial charge in [-0.05, 0) is 30.5 Å². The van der Waals surface area contributed by atoms with Gasteiger partial charge in [-0.1, -0.05) is 20.8 Å². The Kier molecular flexibility index (Phi) is 4.77. The molecular formula is C15H23N3S. The van der Waals surface area contributed by atoms with Crippen molar-refractivity contribution in [1.82, 2.24) is 15.3 Å². The van der Waals surface area contributed by atoms with Crippen molar-refractivity contribution in [3.8, 4) is 0 Å². The van der Waals surface area contributed by atoms with Crippen LogP contribution in [-0.4, -0.2) is 16.5 Å². The zero-order valence-electron chi connectivity index (χ0n) is 12.0. The minimum atomic E-state index is 0.266. The molecule has 0 amide bonds. The van der Waals surface area contributed by atoms with Crippen molar-refractivity contribution in [2.45, 2.75) is 45.6 Å². The van der Waals surface area contributed by atoms with Gasteiger partial charge in [0.25, 0.3) is 0 Å². The SMILES string of the molecule is CC(C)(C)c1ccc(CNCCCc2ncc[nH]2)s1. The molecule has 2 heterocycles. The first-order chi connectivity index (χ1) is 9.05. The predicted molar refractivity (Wildman–Crippen MR) is 81.6 cm³/mol. The fourth-order valence-electron chi connectivity index (χ4n) is 1.90. The van der Waals surface area contributed by atoms with E-state index in [-0.39, 0.29) is 5.41 Å². The second-order valence-electron chi connectivity index (χ2n) is 5.83. The molecule has 3 nitrogen and oxygen atoms in total. The normalized spacial score (nSPS) is 11.9. The van der Waals surface area contributed by atoms with E-state index < -0.39 is 0 Å². The van der Waals surface area contributed by atoms with E-state index in [0.29, 0.717) is 0 Å². The largest absolute Gasteiger partial charge is 0.349 e. The van der Waals surface area contributed by atoms with Crippen LogP contribution >= 0.6 is 11.3 Å². The number of thiophene rings is 1. The van der Waals surface area contributed by atoms with Crippen LogP contribution in [0, 0.1) is 0 Å². The second-order valence-corrected chi connectivity index (χ2v) is 7.00. The summed E-state index contributed by atoms with van der Waals surface area (Å²) in [6.07, 6.45) is 5.81. The molecule has 104 valence electrons. The number of imidazole rings is 1. The van der Waals surface area contributed by atoms with Crippen molar-refractivity contribution in [2.75, 3.05) is 6.54 Å². The minimum absolute atomic E-state index is 0.266. The van der Waals surface area contributed by atoms with Gasteiger partial charge in [0.2, 0.25) is 0 Å². The second kappa shape index (κ2) is 6.35. The molecule has 2 N–H and O–H groups in total. The predicted octanol–water partition coefficient (Wildman–Crippen LogP) is 3.49. The van der Waals surface area contributed by atoms with Gasteiger partial charge in [-0.2, -0.15) is 0 Å². The van der Waals surface area contributed by atoms with Crippen LogP contribution in [0.1, 0.15) is 42.8 Å². The number of nitrogens with zero attached hydrogens (tertiary/aromatic N) is 1. The zero-order valence-corrected chi connectivity index (χ0v) is 12.8. The van der Waals surface area contributed by atoms with Gasteiger partial charge in [0.05, 0.1) is 0 Å². The van der Waals surface area contributed by atoms with Crippen molar-refractivity contribution in [1.29, 1.82) is 0 Å². The zero-order chi connectivity index (χ0) is 13.7. The van der Waals surface area contributed by atoms with Crippen LogP contribution in [0.3, 0.4) is 0 Å². The first-order valence-corrected chi connectivity index (χ1v) is 7.65. The Hall–Kier alpha value is -1.13. The highest BCUT2D eigenvalue weighted by Crippen LogP contribution is 2.29. The summed E-state index contributed by atoms with van der Waals surface area (Å²) >= 11 is 1.91. The third-order valence-corrected chi connectivity index (χ3v) is 4.53. The van der Waals surface area contributed by atoms with Crippen LogP contribution in [0.25, 0.3) is 0 Å². The third kappa shape index (κ3) is 4.48. The summed E-state index contributed by atoms with van der Waals surface area (Å²) in [6, 6.07) is 4.50. The van der Waals surface area contributed by atoms with Crippen LogP contribution in [0.4, 0.5) is 0 Å². The highest BCUT2D eigenvalue weighted by molar-refractivity contribution is 7.12. The number of hydrogen-bond acceptors (Lipinski definition) is 3. The van der Waals surface area contributed by atoms with Gasteiger partial charge in [0.15, 0.2) is 0 Å². The van der Waals surface area contributed by atoms with E-state index in [9.17, 15) is 0 Å². The Morgan fingerprint density at radius 3 is 2.79 bits per heavy atom. The Labute approximate surface area is 119 Å². The number of aromatic amines is 1. The number of aryl methyl sites for hydroxylation is 1. The molecule has 2 aromatic heterocycles. The lowest BCUT2D eigenvalue weighted by molar-refractivity contribution is 0.604. The number of aromatic nitrogens is 2. The first-order valence-electron chi connectivity index (χ1n) is 6.84. The Bertz CT molecular complexity index is 480. The summed E-state index contributed by atoms with van der Waals surface area (Å²) in [4.78, 5) is 10.2. The van der Waals surface area contributed by atoms with E-state index in [1.165, 1.54) is 9.75 Å². The maximum absolute atomic E-state index is 4.22.